The molecule has 2 aliphatic rings. The Hall–Kier alpha value is -4.41. The van der Waals surface area contributed by atoms with Crippen molar-refractivity contribution in [3.8, 4) is 0 Å². The number of hydrogen-bond acceptors (Lipinski definition) is 5. The zero-order valence-corrected chi connectivity index (χ0v) is 20.2. The molecule has 0 aliphatic carbocycles. The molecular formula is C27H23F3N6O2. The number of rotatable bonds is 3. The number of aromatic amines is 1. The van der Waals surface area contributed by atoms with Crippen molar-refractivity contribution in [3.63, 3.8) is 0 Å². The number of benzene rings is 2. The number of para-hydroxylation sites is 1. The van der Waals surface area contributed by atoms with Crippen LogP contribution < -0.4 is 9.80 Å². The minimum Gasteiger partial charge on any atom is -0.338 e. The second-order valence-electron chi connectivity index (χ2n) is 9.51. The van der Waals surface area contributed by atoms with Gasteiger partial charge in [0.05, 0.1) is 23.9 Å². The highest BCUT2D eigenvalue weighted by Crippen LogP contribution is 2.42. The lowest BCUT2D eigenvalue weighted by atomic mass is 9.85. The molecule has 1 spiro atoms. The highest BCUT2D eigenvalue weighted by molar-refractivity contribution is 6.06. The lowest BCUT2D eigenvalue weighted by molar-refractivity contribution is -0.137. The second-order valence-corrected chi connectivity index (χ2v) is 9.51. The number of fused-ring (bicyclic) bond motifs is 1. The fourth-order valence-electron chi connectivity index (χ4n) is 5.37. The van der Waals surface area contributed by atoms with Crippen molar-refractivity contribution in [1.29, 1.82) is 0 Å². The molecule has 8 nitrogen and oxygen atoms in total. The molecule has 0 unspecified atom stereocenters. The number of H-pyrrole nitrogens is 1. The zero-order valence-electron chi connectivity index (χ0n) is 20.2. The first-order chi connectivity index (χ1) is 18.3. The number of nitrogens with one attached hydrogen (secondary N) is 1. The van der Waals surface area contributed by atoms with Gasteiger partial charge in [0.1, 0.15) is 16.7 Å². The molecule has 2 aromatic carbocycles. The van der Waals surface area contributed by atoms with E-state index in [1.165, 1.54) is 17.0 Å². The molecular weight excluding hydrogens is 497 g/mol. The Bertz CT molecular complexity index is 1510. The normalized spacial score (nSPS) is 17.6. The SMILES string of the molecule is O=C(c1ccc2[nH]ncc2n1)N1CCC2(CC1)C(=O)N(c1cccc(C(F)(F)F)c1)CN2c1ccccc1. The molecule has 6 rings (SSSR count). The van der Waals surface area contributed by atoms with Crippen LogP contribution in [0, 0.1) is 0 Å². The second kappa shape index (κ2) is 8.86. The van der Waals surface area contributed by atoms with Crippen LogP contribution in [0.1, 0.15) is 28.9 Å². The van der Waals surface area contributed by atoms with Crippen molar-refractivity contribution >= 4 is 34.2 Å². The number of hydrogen-bond donors (Lipinski definition) is 1. The third kappa shape index (κ3) is 3.94. The standard InChI is InChI=1S/C27H23F3N6O2/c28-27(29,30)18-5-4-8-20(15-18)35-17-36(19-6-2-1-3-7-19)26(25(35)38)11-13-34(14-12-26)24(37)22-10-9-21-23(32-22)16-31-33-21/h1-10,15-16H,11-14,17H2,(H,31,33). The molecule has 0 atom stereocenters. The molecule has 0 saturated carbocycles. The van der Waals surface area contributed by atoms with Gasteiger partial charge in [0.2, 0.25) is 0 Å². The van der Waals surface area contributed by atoms with Crippen molar-refractivity contribution in [2.24, 2.45) is 0 Å². The molecule has 2 aliphatic heterocycles. The molecule has 2 fully saturated rings. The van der Waals surface area contributed by atoms with E-state index in [4.69, 9.17) is 0 Å². The van der Waals surface area contributed by atoms with Crippen LogP contribution in [0.15, 0.2) is 72.9 Å². The predicted molar refractivity (Wildman–Crippen MR) is 134 cm³/mol. The van der Waals surface area contributed by atoms with E-state index in [9.17, 15) is 22.8 Å². The van der Waals surface area contributed by atoms with Gasteiger partial charge in [-0.15, -0.1) is 0 Å². The number of aromatic nitrogens is 3. The summed E-state index contributed by atoms with van der Waals surface area (Å²) in [7, 11) is 0. The first kappa shape index (κ1) is 24.0. The summed E-state index contributed by atoms with van der Waals surface area (Å²) >= 11 is 0. The number of nitrogens with zero attached hydrogens (tertiary/aromatic N) is 5. The van der Waals surface area contributed by atoms with Crippen molar-refractivity contribution in [2.75, 3.05) is 29.6 Å². The summed E-state index contributed by atoms with van der Waals surface area (Å²) < 4.78 is 40.2. The number of anilines is 2. The number of piperidine rings is 1. The van der Waals surface area contributed by atoms with Gasteiger partial charge in [-0.2, -0.15) is 18.3 Å². The quantitative estimate of drug-likeness (QED) is 0.431. The number of carbonyl (C=O) groups excluding carboxylic acids is 2. The van der Waals surface area contributed by atoms with E-state index in [-0.39, 0.29) is 29.9 Å². The number of carbonyl (C=O) groups is 2. The van der Waals surface area contributed by atoms with Gasteiger partial charge in [0, 0.05) is 24.5 Å². The summed E-state index contributed by atoms with van der Waals surface area (Å²) in [6, 6.07) is 17.6. The monoisotopic (exact) mass is 520 g/mol. The summed E-state index contributed by atoms with van der Waals surface area (Å²) in [4.78, 5) is 36.6. The molecule has 4 aromatic rings. The third-order valence-electron chi connectivity index (χ3n) is 7.39. The number of alkyl halides is 3. The first-order valence-corrected chi connectivity index (χ1v) is 12.2. The van der Waals surface area contributed by atoms with E-state index in [1.807, 2.05) is 35.2 Å². The van der Waals surface area contributed by atoms with E-state index < -0.39 is 17.3 Å². The van der Waals surface area contributed by atoms with Crippen LogP contribution in [0.4, 0.5) is 24.5 Å². The fourth-order valence-corrected chi connectivity index (χ4v) is 5.37. The van der Waals surface area contributed by atoms with E-state index in [2.05, 4.69) is 15.2 Å². The molecule has 4 heterocycles. The summed E-state index contributed by atoms with van der Waals surface area (Å²) in [6.07, 6.45) is -2.31. The maximum atomic E-state index is 14.0. The maximum absolute atomic E-state index is 14.0. The van der Waals surface area contributed by atoms with E-state index in [0.717, 1.165) is 23.3 Å². The van der Waals surface area contributed by atoms with E-state index in [1.54, 1.807) is 23.2 Å². The molecule has 2 aromatic heterocycles. The summed E-state index contributed by atoms with van der Waals surface area (Å²) in [6.45, 7) is 0.710. The number of pyridine rings is 1. The number of likely N-dealkylation sites (tertiary alicyclic amines) is 1. The van der Waals surface area contributed by atoms with Crippen LogP contribution in [-0.4, -0.2) is 57.2 Å². The van der Waals surface area contributed by atoms with Crippen LogP contribution in [0.2, 0.25) is 0 Å². The van der Waals surface area contributed by atoms with E-state index in [0.29, 0.717) is 31.4 Å². The minimum absolute atomic E-state index is 0.108. The van der Waals surface area contributed by atoms with Crippen LogP contribution in [-0.2, 0) is 11.0 Å². The molecule has 2 amide bonds. The average Bonchev–Trinajstić information content (AvgIpc) is 3.51. The van der Waals surface area contributed by atoms with Crippen LogP contribution >= 0.6 is 0 Å². The van der Waals surface area contributed by atoms with Gasteiger partial charge in [-0.25, -0.2) is 4.98 Å². The predicted octanol–water partition coefficient (Wildman–Crippen LogP) is 4.46. The molecule has 0 radical (unpaired) electrons. The fraction of sp³-hybridized carbons (Fsp3) is 0.259. The number of amides is 2. The van der Waals surface area contributed by atoms with Gasteiger partial charge in [-0.05, 0) is 55.3 Å². The lowest BCUT2D eigenvalue weighted by Crippen LogP contribution is -2.57. The molecule has 11 heteroatoms. The smallest absolute Gasteiger partial charge is 0.338 e. The number of halogens is 3. The Morgan fingerprint density at radius 1 is 0.947 bits per heavy atom. The summed E-state index contributed by atoms with van der Waals surface area (Å²) in [5.74, 6) is -0.514. The summed E-state index contributed by atoms with van der Waals surface area (Å²) in [5.41, 5.74) is 0.789. The molecule has 1 N–H and O–H groups in total. The van der Waals surface area contributed by atoms with Crippen molar-refractivity contribution in [3.05, 3.63) is 84.2 Å². The van der Waals surface area contributed by atoms with Crippen molar-refractivity contribution < 1.29 is 22.8 Å². The Balaban J connectivity index is 1.29. The maximum Gasteiger partial charge on any atom is 0.416 e. The highest BCUT2D eigenvalue weighted by atomic mass is 19.4. The van der Waals surface area contributed by atoms with E-state index >= 15 is 0 Å². The van der Waals surface area contributed by atoms with Gasteiger partial charge in [0.25, 0.3) is 11.8 Å². The summed E-state index contributed by atoms with van der Waals surface area (Å²) in [5, 5.41) is 6.74. The molecule has 2 saturated heterocycles. The van der Waals surface area contributed by atoms with Crippen molar-refractivity contribution in [1.82, 2.24) is 20.1 Å². The van der Waals surface area contributed by atoms with Crippen LogP contribution in [0.3, 0.4) is 0 Å². The molecule has 0 bridgehead atoms. The Morgan fingerprint density at radius 3 is 2.42 bits per heavy atom. The Labute approximate surface area is 215 Å². The molecule has 194 valence electrons. The van der Waals surface area contributed by atoms with Gasteiger partial charge < -0.3 is 9.80 Å². The molecule has 38 heavy (non-hydrogen) atoms. The first-order valence-electron chi connectivity index (χ1n) is 12.2. The highest BCUT2D eigenvalue weighted by Gasteiger charge is 2.54. The lowest BCUT2D eigenvalue weighted by Gasteiger charge is -2.43. The van der Waals surface area contributed by atoms with Gasteiger partial charge in [0.15, 0.2) is 0 Å². The average molecular weight is 521 g/mol. The Kier molecular flexibility index (Phi) is 5.59. The van der Waals surface area contributed by atoms with Crippen LogP contribution in [0.5, 0.6) is 0 Å². The topological polar surface area (TPSA) is 85.4 Å². The van der Waals surface area contributed by atoms with Crippen molar-refractivity contribution in [2.45, 2.75) is 24.6 Å². The minimum atomic E-state index is -4.52. The largest absolute Gasteiger partial charge is 0.416 e. The van der Waals surface area contributed by atoms with Gasteiger partial charge >= 0.3 is 6.18 Å². The third-order valence-corrected chi connectivity index (χ3v) is 7.39. The zero-order chi connectivity index (χ0) is 26.5. The van der Waals surface area contributed by atoms with Gasteiger partial charge in [-0.1, -0.05) is 24.3 Å². The van der Waals surface area contributed by atoms with Crippen LogP contribution in [0.25, 0.3) is 11.0 Å². The van der Waals surface area contributed by atoms with Gasteiger partial charge in [-0.3, -0.25) is 19.6 Å². The Morgan fingerprint density at radius 2 is 1.68 bits per heavy atom.